The number of esters is 1. The Morgan fingerprint density at radius 3 is 2.16 bits per heavy atom. The van der Waals surface area contributed by atoms with Crippen molar-refractivity contribution in [3.8, 4) is 23.0 Å². The predicted molar refractivity (Wildman–Crippen MR) is 147 cm³/mol. The van der Waals surface area contributed by atoms with Crippen molar-refractivity contribution in [3.63, 3.8) is 0 Å². The van der Waals surface area contributed by atoms with Gasteiger partial charge in [0.05, 0.1) is 19.3 Å². The quantitative estimate of drug-likeness (QED) is 0.0873. The van der Waals surface area contributed by atoms with Gasteiger partial charge in [-0.3, -0.25) is 0 Å². The van der Waals surface area contributed by atoms with E-state index in [1.807, 2.05) is 0 Å². The molecule has 0 saturated carbocycles. The van der Waals surface area contributed by atoms with Gasteiger partial charge in [0.25, 0.3) is 0 Å². The number of phenols is 4. The lowest BCUT2D eigenvalue weighted by Gasteiger charge is -2.46. The van der Waals surface area contributed by atoms with E-state index in [1.54, 1.807) is 6.07 Å². The van der Waals surface area contributed by atoms with E-state index in [-0.39, 0.29) is 30.3 Å². The fourth-order valence-electron chi connectivity index (χ4n) is 4.76. The van der Waals surface area contributed by atoms with Gasteiger partial charge in [-0.15, -0.1) is 0 Å². The number of aliphatic hydroxyl groups excluding tert-OH is 5. The molecule has 0 aliphatic carbocycles. The lowest BCUT2D eigenvalue weighted by atomic mass is 9.97. The zero-order valence-electron chi connectivity index (χ0n) is 23.5. The molecule has 0 bridgehead atoms. The van der Waals surface area contributed by atoms with Crippen LogP contribution in [0.25, 0.3) is 6.08 Å². The maximum Gasteiger partial charge on any atom is 0.331 e. The average Bonchev–Trinajstić information content (AvgIpc) is 2.99. The second-order valence-corrected chi connectivity index (χ2v) is 10.4. The Kier molecular flexibility index (Phi) is 11.0. The molecule has 15 nitrogen and oxygen atoms in total. The molecular weight excluding hydrogens is 588 g/mol. The monoisotopic (exact) mass is 624 g/mol. The summed E-state index contributed by atoms with van der Waals surface area (Å²) in [6.07, 6.45) is -12.6. The Morgan fingerprint density at radius 2 is 1.50 bits per heavy atom. The highest BCUT2D eigenvalue weighted by molar-refractivity contribution is 5.87. The molecule has 0 aromatic heterocycles. The zero-order chi connectivity index (χ0) is 32.1. The summed E-state index contributed by atoms with van der Waals surface area (Å²) in [5.74, 6) is -2.40. The van der Waals surface area contributed by atoms with Gasteiger partial charge in [-0.2, -0.15) is 0 Å². The van der Waals surface area contributed by atoms with Crippen LogP contribution in [0.15, 0.2) is 42.5 Å². The van der Waals surface area contributed by atoms with Crippen molar-refractivity contribution < 1.29 is 74.4 Å². The number of rotatable bonds is 10. The van der Waals surface area contributed by atoms with Crippen molar-refractivity contribution in [2.75, 3.05) is 13.2 Å². The molecule has 2 saturated heterocycles. The van der Waals surface area contributed by atoms with Gasteiger partial charge < -0.3 is 69.6 Å². The van der Waals surface area contributed by atoms with Crippen LogP contribution in [-0.4, -0.2) is 127 Å². The van der Waals surface area contributed by atoms with Gasteiger partial charge in [0, 0.05) is 6.08 Å². The lowest BCUT2D eigenvalue weighted by molar-refractivity contribution is -0.357. The smallest absolute Gasteiger partial charge is 0.331 e. The lowest BCUT2D eigenvalue weighted by Crippen LogP contribution is -2.65. The van der Waals surface area contributed by atoms with Gasteiger partial charge in [0.2, 0.25) is 0 Å². The summed E-state index contributed by atoms with van der Waals surface area (Å²) in [6, 6.07) is 7.98. The average molecular weight is 625 g/mol. The molecule has 0 amide bonds. The van der Waals surface area contributed by atoms with Crippen LogP contribution >= 0.6 is 0 Å². The largest absolute Gasteiger partial charge is 0.504 e. The van der Waals surface area contributed by atoms with E-state index in [9.17, 15) is 50.8 Å². The summed E-state index contributed by atoms with van der Waals surface area (Å²) in [5, 5.41) is 90.5. The minimum atomic E-state index is -1.77. The highest BCUT2D eigenvalue weighted by Gasteiger charge is 2.52. The van der Waals surface area contributed by atoms with E-state index < -0.39 is 79.7 Å². The number of aromatic hydroxyl groups is 4. The molecule has 0 spiro atoms. The molecule has 9 N–H and O–H groups in total. The molecule has 4 rings (SSSR count). The van der Waals surface area contributed by atoms with Crippen molar-refractivity contribution in [1.82, 2.24) is 0 Å². The Balaban J connectivity index is 1.52. The van der Waals surface area contributed by atoms with Crippen LogP contribution in [0.4, 0.5) is 0 Å². The molecule has 44 heavy (non-hydrogen) atoms. The normalized spacial score (nSPS) is 32.5. The van der Waals surface area contributed by atoms with Gasteiger partial charge in [-0.1, -0.05) is 12.1 Å². The topological polar surface area (TPSA) is 245 Å². The van der Waals surface area contributed by atoms with E-state index in [1.165, 1.54) is 43.3 Å². The van der Waals surface area contributed by atoms with Crippen LogP contribution in [0.5, 0.6) is 23.0 Å². The van der Waals surface area contributed by atoms with Gasteiger partial charge in [0.1, 0.15) is 36.6 Å². The molecule has 2 aliphatic rings. The van der Waals surface area contributed by atoms with Crippen LogP contribution in [0.3, 0.4) is 0 Å². The van der Waals surface area contributed by atoms with Gasteiger partial charge in [-0.05, 0) is 54.8 Å². The number of ether oxygens (including phenoxy) is 5. The first-order valence-corrected chi connectivity index (χ1v) is 13.7. The molecule has 242 valence electrons. The molecule has 2 aromatic rings. The number of carbonyl (C=O) groups excluding carboxylic acids is 1. The third-order valence-corrected chi connectivity index (χ3v) is 7.27. The number of hydrogen-bond donors (Lipinski definition) is 9. The molecule has 0 unspecified atom stereocenters. The number of phenolic OH excluding ortho intramolecular Hbond substituents is 4. The summed E-state index contributed by atoms with van der Waals surface area (Å²) in [7, 11) is 0. The number of hydrogen-bond acceptors (Lipinski definition) is 15. The van der Waals surface area contributed by atoms with E-state index >= 15 is 0 Å². The summed E-state index contributed by atoms with van der Waals surface area (Å²) in [6.45, 7) is 0.606. The first kappa shape index (κ1) is 33.4. The Bertz CT molecular complexity index is 1300. The van der Waals surface area contributed by atoms with Crippen molar-refractivity contribution >= 4 is 12.0 Å². The molecule has 10 atom stereocenters. The van der Waals surface area contributed by atoms with Crippen LogP contribution < -0.4 is 0 Å². The van der Waals surface area contributed by atoms with Crippen molar-refractivity contribution in [1.29, 1.82) is 0 Å². The van der Waals surface area contributed by atoms with Crippen LogP contribution in [0.1, 0.15) is 18.1 Å². The van der Waals surface area contributed by atoms with Crippen LogP contribution in [0.2, 0.25) is 0 Å². The fraction of sp³-hybridized carbons (Fsp3) is 0.483. The van der Waals surface area contributed by atoms with Gasteiger partial charge >= 0.3 is 5.97 Å². The van der Waals surface area contributed by atoms with Crippen molar-refractivity contribution in [2.24, 2.45) is 0 Å². The van der Waals surface area contributed by atoms with E-state index in [4.69, 9.17) is 23.7 Å². The molecule has 2 aromatic carbocycles. The first-order chi connectivity index (χ1) is 20.9. The Labute approximate surface area is 251 Å². The zero-order valence-corrected chi connectivity index (χ0v) is 23.5. The van der Waals surface area contributed by atoms with Crippen molar-refractivity contribution in [2.45, 2.75) is 74.8 Å². The standard InChI is InChI=1S/C29H36O15/c1-13-22(36)23(37)24(38)29(41-13)44-27-25(39)28(40-9-8-15-3-6-17(32)19(34)11-15)42-20(12-30)26(27)43-21(35)7-4-14-2-5-16(31)18(33)10-14/h2-7,10-11,13,20,22-34,36-39H,8-9,12H2,1H3/b7-4-/t13-,20-,22-,23+,24+,25+,26-,27+,28+,29+/m0/s1. The summed E-state index contributed by atoms with van der Waals surface area (Å²) >= 11 is 0. The van der Waals surface area contributed by atoms with Crippen LogP contribution in [0, 0.1) is 0 Å². The van der Waals surface area contributed by atoms with Gasteiger partial charge in [0.15, 0.2) is 41.7 Å². The van der Waals surface area contributed by atoms with Gasteiger partial charge in [-0.25, -0.2) is 4.79 Å². The summed E-state index contributed by atoms with van der Waals surface area (Å²) < 4.78 is 28.2. The molecule has 2 aliphatic heterocycles. The summed E-state index contributed by atoms with van der Waals surface area (Å²) in [5.41, 5.74) is 0.914. The van der Waals surface area contributed by atoms with Crippen LogP contribution in [-0.2, 0) is 34.9 Å². The third-order valence-electron chi connectivity index (χ3n) is 7.27. The number of aliphatic hydroxyl groups is 5. The Hall–Kier alpha value is -3.51. The SMILES string of the molecule is C[C@@H]1O[C@H](O[C@@H]2[C@@H](O)[C@H](OCCc3ccc(O)c(O)c3)O[C@@H](CO)[C@@H]2OC(=O)/C=C\c2ccc(O)c(O)c2)[C@H](O)[C@H](O)[C@H]1O. The third kappa shape index (κ3) is 7.76. The Morgan fingerprint density at radius 1 is 0.818 bits per heavy atom. The fourth-order valence-corrected chi connectivity index (χ4v) is 4.76. The number of carbonyl (C=O) groups is 1. The highest BCUT2D eigenvalue weighted by Crippen LogP contribution is 2.32. The highest BCUT2D eigenvalue weighted by atomic mass is 16.7. The molecule has 0 radical (unpaired) electrons. The van der Waals surface area contributed by atoms with Crippen molar-refractivity contribution in [3.05, 3.63) is 53.6 Å². The predicted octanol–water partition coefficient (Wildman–Crippen LogP) is -1.02. The molecule has 2 heterocycles. The second-order valence-electron chi connectivity index (χ2n) is 10.4. The molecule has 15 heteroatoms. The van der Waals surface area contributed by atoms with E-state index in [0.717, 1.165) is 6.08 Å². The van der Waals surface area contributed by atoms with E-state index in [0.29, 0.717) is 11.1 Å². The van der Waals surface area contributed by atoms with E-state index in [2.05, 4.69) is 0 Å². The maximum atomic E-state index is 12.8. The minimum Gasteiger partial charge on any atom is -0.504 e. The molecular formula is C29H36O15. The second kappa shape index (κ2) is 14.5. The number of benzene rings is 2. The maximum absolute atomic E-state index is 12.8. The summed E-state index contributed by atoms with van der Waals surface area (Å²) in [4.78, 5) is 12.8. The minimum absolute atomic E-state index is 0.0754. The first-order valence-electron chi connectivity index (χ1n) is 13.7. The molecule has 2 fully saturated rings.